The fraction of sp³-hybridized carbons (Fsp3) is 0.167. The summed E-state index contributed by atoms with van der Waals surface area (Å²) >= 11 is 0. The van der Waals surface area contributed by atoms with Crippen LogP contribution in [0, 0.1) is 6.92 Å². The van der Waals surface area contributed by atoms with Crippen LogP contribution >= 0.6 is 0 Å². The Kier molecular flexibility index (Phi) is 6.67. The maximum absolute atomic E-state index is 12.5. The lowest BCUT2D eigenvalue weighted by molar-refractivity contribution is -0.123. The number of fused-ring (bicyclic) bond motifs is 1. The van der Waals surface area contributed by atoms with Crippen molar-refractivity contribution in [3.05, 3.63) is 77.9 Å². The van der Waals surface area contributed by atoms with Gasteiger partial charge in [-0.25, -0.2) is 14.3 Å². The average molecular weight is 474 g/mol. The van der Waals surface area contributed by atoms with Crippen LogP contribution in [0.15, 0.2) is 60.8 Å². The van der Waals surface area contributed by atoms with Crippen molar-refractivity contribution in [1.82, 2.24) is 19.6 Å². The number of ether oxygens (including phenoxy) is 2. The molecule has 0 saturated carbocycles. The van der Waals surface area contributed by atoms with Gasteiger partial charge in [-0.2, -0.15) is 4.98 Å². The number of para-hydroxylation sites is 2. The third-order valence-corrected chi connectivity index (χ3v) is 5.04. The Morgan fingerprint density at radius 1 is 1.00 bits per heavy atom. The molecule has 2 N–H and O–H groups in total. The van der Waals surface area contributed by atoms with Gasteiger partial charge in [0.25, 0.3) is 23.4 Å². The van der Waals surface area contributed by atoms with E-state index in [0.717, 1.165) is 5.69 Å². The predicted molar refractivity (Wildman–Crippen MR) is 126 cm³/mol. The van der Waals surface area contributed by atoms with Gasteiger partial charge in [0.1, 0.15) is 5.75 Å². The van der Waals surface area contributed by atoms with Crippen molar-refractivity contribution in [2.75, 3.05) is 17.7 Å². The molecule has 0 aliphatic heterocycles. The lowest BCUT2D eigenvalue weighted by atomic mass is 10.2. The molecule has 0 spiro atoms. The van der Waals surface area contributed by atoms with Gasteiger partial charge < -0.3 is 20.1 Å². The fourth-order valence-corrected chi connectivity index (χ4v) is 3.15. The third kappa shape index (κ3) is 5.24. The second-order valence-electron chi connectivity index (χ2n) is 7.50. The van der Waals surface area contributed by atoms with Crippen LogP contribution < -0.4 is 15.4 Å². The molecule has 2 amide bonds. The Morgan fingerprint density at radius 2 is 1.74 bits per heavy atom. The van der Waals surface area contributed by atoms with Crippen LogP contribution in [-0.4, -0.2) is 50.6 Å². The molecule has 11 heteroatoms. The molecule has 2 aromatic carbocycles. The van der Waals surface area contributed by atoms with Gasteiger partial charge in [0.15, 0.2) is 6.10 Å². The molecule has 0 aliphatic carbocycles. The van der Waals surface area contributed by atoms with Crippen molar-refractivity contribution in [2.45, 2.75) is 20.0 Å². The minimum absolute atomic E-state index is 0.197. The first-order valence-corrected chi connectivity index (χ1v) is 10.6. The number of anilines is 2. The highest BCUT2D eigenvalue weighted by molar-refractivity contribution is 6.05. The first-order chi connectivity index (χ1) is 16.9. The Balaban J connectivity index is 1.35. The number of hydrogen-bond acceptors (Lipinski definition) is 8. The zero-order chi connectivity index (χ0) is 24.9. The average Bonchev–Trinajstić information content (AvgIpc) is 3.31. The molecule has 178 valence electrons. The van der Waals surface area contributed by atoms with Crippen LogP contribution in [0.1, 0.15) is 33.6 Å². The van der Waals surface area contributed by atoms with Crippen molar-refractivity contribution < 1.29 is 23.9 Å². The molecule has 0 fully saturated rings. The van der Waals surface area contributed by atoms with Gasteiger partial charge in [-0.1, -0.05) is 12.1 Å². The van der Waals surface area contributed by atoms with Crippen LogP contribution in [0.25, 0.3) is 5.78 Å². The predicted octanol–water partition coefficient (Wildman–Crippen LogP) is 2.88. The van der Waals surface area contributed by atoms with Crippen LogP contribution in [0.5, 0.6) is 5.75 Å². The quantitative estimate of drug-likeness (QED) is 0.390. The summed E-state index contributed by atoms with van der Waals surface area (Å²) < 4.78 is 11.8. The number of aryl methyl sites for hydroxylation is 1. The Hall–Kier alpha value is -4.80. The minimum atomic E-state index is -1.11. The molecular formula is C24H22N6O5. The number of benzene rings is 2. The van der Waals surface area contributed by atoms with E-state index in [1.807, 2.05) is 0 Å². The number of carbonyl (C=O) groups excluding carboxylic acids is 3. The summed E-state index contributed by atoms with van der Waals surface area (Å²) in [5.41, 5.74) is 2.10. The van der Waals surface area contributed by atoms with Crippen molar-refractivity contribution >= 4 is 34.9 Å². The van der Waals surface area contributed by atoms with Gasteiger partial charge >= 0.3 is 5.97 Å². The molecule has 0 bridgehead atoms. The van der Waals surface area contributed by atoms with Gasteiger partial charge in [0.2, 0.25) is 0 Å². The zero-order valence-corrected chi connectivity index (χ0v) is 19.2. The van der Waals surface area contributed by atoms with E-state index in [0.29, 0.717) is 22.7 Å². The number of methoxy groups -OCH3 is 1. The number of aromatic nitrogens is 4. The topological polar surface area (TPSA) is 137 Å². The van der Waals surface area contributed by atoms with Gasteiger partial charge in [0, 0.05) is 23.1 Å². The van der Waals surface area contributed by atoms with Crippen molar-refractivity contribution in [3.63, 3.8) is 0 Å². The van der Waals surface area contributed by atoms with Gasteiger partial charge in [-0.15, -0.1) is 5.10 Å². The number of carbonyl (C=O) groups is 3. The lowest BCUT2D eigenvalue weighted by Gasteiger charge is -2.13. The highest BCUT2D eigenvalue weighted by Crippen LogP contribution is 2.24. The number of rotatable bonds is 7. The lowest BCUT2D eigenvalue weighted by Crippen LogP contribution is -2.30. The molecule has 1 atom stereocenters. The van der Waals surface area contributed by atoms with Crippen LogP contribution in [-0.2, 0) is 9.53 Å². The molecule has 2 heterocycles. The minimum Gasteiger partial charge on any atom is -0.495 e. The van der Waals surface area contributed by atoms with E-state index >= 15 is 0 Å². The number of esters is 1. The summed E-state index contributed by atoms with van der Waals surface area (Å²) in [7, 11) is 1.52. The van der Waals surface area contributed by atoms with Gasteiger partial charge in [-0.05, 0) is 56.3 Å². The molecule has 0 aliphatic rings. The summed E-state index contributed by atoms with van der Waals surface area (Å²) in [5.74, 6) is -1.14. The number of nitrogens with zero attached hydrogens (tertiary/aromatic N) is 4. The fourth-order valence-electron chi connectivity index (χ4n) is 3.15. The summed E-state index contributed by atoms with van der Waals surface area (Å²) in [6.45, 7) is 3.23. The van der Waals surface area contributed by atoms with Gasteiger partial charge in [-0.3, -0.25) is 9.59 Å². The second-order valence-corrected chi connectivity index (χ2v) is 7.50. The van der Waals surface area contributed by atoms with E-state index in [-0.39, 0.29) is 17.5 Å². The van der Waals surface area contributed by atoms with Crippen LogP contribution in [0.4, 0.5) is 11.4 Å². The molecular weight excluding hydrogens is 452 g/mol. The van der Waals surface area contributed by atoms with E-state index in [1.54, 1.807) is 67.7 Å². The van der Waals surface area contributed by atoms with Gasteiger partial charge in [0.05, 0.1) is 12.8 Å². The summed E-state index contributed by atoms with van der Waals surface area (Å²) in [6, 6.07) is 15.0. The third-order valence-electron chi connectivity index (χ3n) is 5.04. The summed E-state index contributed by atoms with van der Waals surface area (Å²) in [6.07, 6.45) is 0.439. The maximum Gasteiger partial charge on any atom is 0.379 e. The highest BCUT2D eigenvalue weighted by atomic mass is 16.5. The second kappa shape index (κ2) is 10.00. The zero-order valence-electron chi connectivity index (χ0n) is 19.2. The molecule has 1 unspecified atom stereocenters. The molecule has 4 rings (SSSR count). The van der Waals surface area contributed by atoms with E-state index in [9.17, 15) is 14.4 Å². The molecule has 0 radical (unpaired) electrons. The van der Waals surface area contributed by atoms with Crippen molar-refractivity contribution in [1.29, 1.82) is 0 Å². The van der Waals surface area contributed by atoms with Crippen LogP contribution in [0.3, 0.4) is 0 Å². The molecule has 35 heavy (non-hydrogen) atoms. The van der Waals surface area contributed by atoms with E-state index < -0.39 is 18.0 Å². The first-order valence-electron chi connectivity index (χ1n) is 10.6. The van der Waals surface area contributed by atoms with E-state index in [2.05, 4.69) is 25.7 Å². The highest BCUT2D eigenvalue weighted by Gasteiger charge is 2.23. The van der Waals surface area contributed by atoms with E-state index in [1.165, 1.54) is 18.5 Å². The monoisotopic (exact) mass is 474 g/mol. The Morgan fingerprint density at radius 3 is 2.46 bits per heavy atom. The van der Waals surface area contributed by atoms with Crippen molar-refractivity contribution in [2.24, 2.45) is 0 Å². The maximum atomic E-state index is 12.5. The molecule has 2 aromatic heterocycles. The largest absolute Gasteiger partial charge is 0.495 e. The molecule has 4 aromatic rings. The summed E-state index contributed by atoms with van der Waals surface area (Å²) in [4.78, 5) is 45.5. The first kappa shape index (κ1) is 23.4. The Labute approximate surface area is 200 Å². The number of nitrogens with one attached hydrogen (secondary N) is 2. The number of amides is 2. The standard InChI is InChI=1S/C24H22N6O5/c1-14-12-13-25-24-28-20(29-30(14)24)23(33)35-15(2)21(31)26-17-10-8-16(9-11-17)22(32)27-18-6-4-5-7-19(18)34-3/h4-13,15H,1-3H3,(H,26,31)(H,27,32). The SMILES string of the molecule is COc1ccccc1NC(=O)c1ccc(NC(=O)C(C)OC(=O)c2nc3nccc(C)n3n2)cc1. The molecule has 11 nitrogen and oxygen atoms in total. The Bertz CT molecular complexity index is 1400. The van der Waals surface area contributed by atoms with E-state index in [4.69, 9.17) is 9.47 Å². The number of hydrogen-bond donors (Lipinski definition) is 2. The van der Waals surface area contributed by atoms with Crippen LogP contribution in [0.2, 0.25) is 0 Å². The molecule has 0 saturated heterocycles. The summed E-state index contributed by atoms with van der Waals surface area (Å²) in [5, 5.41) is 9.49. The smallest absolute Gasteiger partial charge is 0.379 e. The normalized spacial score (nSPS) is 11.5. The van der Waals surface area contributed by atoms with Crippen molar-refractivity contribution in [3.8, 4) is 5.75 Å².